The molecule has 0 fully saturated rings. The van der Waals surface area contributed by atoms with E-state index in [4.69, 9.17) is 5.73 Å². The monoisotopic (exact) mass is 195 g/mol. The Morgan fingerprint density at radius 3 is 2.93 bits per heavy atom. The number of guanidine groups is 1. The van der Waals surface area contributed by atoms with Gasteiger partial charge in [-0.1, -0.05) is 0 Å². The van der Waals surface area contributed by atoms with Gasteiger partial charge in [-0.15, -0.1) is 0 Å². The number of hydrogen-bond donors (Lipinski definition) is 2. The first-order valence-corrected chi connectivity index (χ1v) is 4.62. The zero-order valence-electron chi connectivity index (χ0n) is 8.86. The molecule has 0 unspecified atom stereocenters. The second-order valence-electron chi connectivity index (χ2n) is 3.52. The van der Waals surface area contributed by atoms with Crippen molar-refractivity contribution >= 4 is 5.96 Å². The van der Waals surface area contributed by atoms with E-state index >= 15 is 0 Å². The Hall–Kier alpha value is -1.52. The van der Waals surface area contributed by atoms with Crippen LogP contribution in [0.3, 0.4) is 0 Å². The zero-order chi connectivity index (χ0) is 10.6. The van der Waals surface area contributed by atoms with Gasteiger partial charge in [0.15, 0.2) is 5.96 Å². The molecule has 1 rings (SSSR count). The number of hydrogen-bond acceptors (Lipinski definition) is 2. The number of aromatic nitrogens is 2. The van der Waals surface area contributed by atoms with Crippen molar-refractivity contribution in [1.82, 2.24) is 15.1 Å². The molecular weight excluding hydrogens is 178 g/mol. The lowest BCUT2D eigenvalue weighted by Gasteiger charge is -2.07. The van der Waals surface area contributed by atoms with E-state index in [1.807, 2.05) is 27.1 Å². The van der Waals surface area contributed by atoms with Crippen molar-refractivity contribution in [2.45, 2.75) is 26.4 Å². The molecule has 0 radical (unpaired) electrons. The second-order valence-corrected chi connectivity index (χ2v) is 3.52. The summed E-state index contributed by atoms with van der Waals surface area (Å²) in [5, 5.41) is 7.06. The molecule has 78 valence electrons. The van der Waals surface area contributed by atoms with Gasteiger partial charge in [0.2, 0.25) is 0 Å². The second kappa shape index (κ2) is 4.64. The molecule has 1 aromatic heterocycles. The number of nitrogens with one attached hydrogen (secondary N) is 1. The summed E-state index contributed by atoms with van der Waals surface area (Å²) < 4.78 is 1.75. The third-order valence-electron chi connectivity index (χ3n) is 1.63. The smallest absolute Gasteiger partial charge is 0.189 e. The normalized spacial score (nSPS) is 12.1. The summed E-state index contributed by atoms with van der Waals surface area (Å²) in [6, 6.07) is 0.313. The zero-order valence-corrected chi connectivity index (χ0v) is 8.86. The first-order valence-electron chi connectivity index (χ1n) is 4.62. The van der Waals surface area contributed by atoms with E-state index in [2.05, 4.69) is 15.4 Å². The van der Waals surface area contributed by atoms with Crippen molar-refractivity contribution in [3.8, 4) is 0 Å². The van der Waals surface area contributed by atoms with Gasteiger partial charge in [0, 0.05) is 24.8 Å². The summed E-state index contributed by atoms with van der Waals surface area (Å²) in [6.07, 6.45) is 3.71. The highest BCUT2D eigenvalue weighted by molar-refractivity contribution is 5.78. The fraction of sp³-hybridized carbons (Fsp3) is 0.556. The minimum absolute atomic E-state index is 0.313. The van der Waals surface area contributed by atoms with E-state index in [1.165, 1.54) is 0 Å². The van der Waals surface area contributed by atoms with E-state index < -0.39 is 0 Å². The maximum Gasteiger partial charge on any atom is 0.189 e. The topological polar surface area (TPSA) is 68.2 Å². The average molecular weight is 195 g/mol. The lowest BCUT2D eigenvalue weighted by atomic mass is 10.4. The summed E-state index contributed by atoms with van der Waals surface area (Å²) in [5.74, 6) is 0.476. The van der Waals surface area contributed by atoms with Gasteiger partial charge in [-0.05, 0) is 13.8 Å². The highest BCUT2D eigenvalue weighted by atomic mass is 15.2. The molecule has 14 heavy (non-hydrogen) atoms. The van der Waals surface area contributed by atoms with Gasteiger partial charge in [0.1, 0.15) is 0 Å². The number of nitrogens with zero attached hydrogens (tertiary/aromatic N) is 3. The van der Waals surface area contributed by atoms with E-state index in [1.54, 1.807) is 10.9 Å². The third-order valence-corrected chi connectivity index (χ3v) is 1.63. The number of aliphatic imine (C=N–C) groups is 1. The maximum atomic E-state index is 5.64. The van der Waals surface area contributed by atoms with Gasteiger partial charge >= 0.3 is 0 Å². The van der Waals surface area contributed by atoms with Gasteiger partial charge < -0.3 is 11.1 Å². The molecule has 0 aliphatic rings. The number of nitrogens with two attached hydrogens (primary N) is 1. The van der Waals surface area contributed by atoms with Crippen molar-refractivity contribution in [2.24, 2.45) is 17.8 Å². The lowest BCUT2D eigenvalue weighted by Crippen LogP contribution is -2.36. The van der Waals surface area contributed by atoms with Crippen molar-refractivity contribution in [3.63, 3.8) is 0 Å². The predicted molar refractivity (Wildman–Crippen MR) is 56.8 cm³/mol. The minimum Gasteiger partial charge on any atom is -0.370 e. The van der Waals surface area contributed by atoms with Crippen LogP contribution >= 0.6 is 0 Å². The Balaban J connectivity index is 2.46. The number of aryl methyl sites for hydroxylation is 1. The highest BCUT2D eigenvalue weighted by Crippen LogP contribution is 1.97. The fourth-order valence-electron chi connectivity index (χ4n) is 1.07. The van der Waals surface area contributed by atoms with Crippen LogP contribution in [0.1, 0.15) is 19.4 Å². The van der Waals surface area contributed by atoms with Crippen molar-refractivity contribution in [2.75, 3.05) is 0 Å². The molecule has 5 nitrogen and oxygen atoms in total. The van der Waals surface area contributed by atoms with Gasteiger partial charge in [-0.3, -0.25) is 4.68 Å². The van der Waals surface area contributed by atoms with Gasteiger partial charge in [-0.2, -0.15) is 5.10 Å². The molecule has 3 N–H and O–H groups in total. The Morgan fingerprint density at radius 1 is 1.71 bits per heavy atom. The Labute approximate surface area is 84.0 Å². The van der Waals surface area contributed by atoms with Crippen LogP contribution in [0.4, 0.5) is 0 Å². The lowest BCUT2D eigenvalue weighted by molar-refractivity contribution is 0.723. The predicted octanol–water partition coefficient (Wildman–Crippen LogP) is 0.233. The van der Waals surface area contributed by atoms with Crippen LogP contribution in [-0.2, 0) is 13.6 Å². The van der Waals surface area contributed by atoms with Crippen LogP contribution in [0.25, 0.3) is 0 Å². The number of rotatable bonds is 3. The highest BCUT2D eigenvalue weighted by Gasteiger charge is 1.96. The van der Waals surface area contributed by atoms with Gasteiger partial charge in [0.05, 0.1) is 12.7 Å². The summed E-state index contributed by atoms with van der Waals surface area (Å²) in [4.78, 5) is 4.18. The van der Waals surface area contributed by atoms with Crippen molar-refractivity contribution in [3.05, 3.63) is 18.0 Å². The molecule has 0 amide bonds. The van der Waals surface area contributed by atoms with Crippen LogP contribution in [0.5, 0.6) is 0 Å². The molecule has 0 atom stereocenters. The standard InChI is InChI=1S/C9H17N5/c1-7(2)13-9(10)11-4-8-5-12-14(3)6-8/h5-7H,4H2,1-3H3,(H3,10,11,13). The molecule has 0 aliphatic carbocycles. The van der Waals surface area contributed by atoms with Crippen LogP contribution in [0.15, 0.2) is 17.4 Å². The van der Waals surface area contributed by atoms with E-state index in [0.29, 0.717) is 18.5 Å². The molecule has 5 heteroatoms. The van der Waals surface area contributed by atoms with Gasteiger partial charge in [-0.25, -0.2) is 4.99 Å². The fourth-order valence-corrected chi connectivity index (χ4v) is 1.07. The molecule has 0 aliphatic heterocycles. The molecule has 0 saturated carbocycles. The molecule has 0 aromatic carbocycles. The Morgan fingerprint density at radius 2 is 2.43 bits per heavy atom. The Bertz CT molecular complexity index is 313. The first-order chi connectivity index (χ1) is 6.58. The average Bonchev–Trinajstić information content (AvgIpc) is 2.47. The molecule has 1 aromatic rings. The van der Waals surface area contributed by atoms with E-state index in [0.717, 1.165) is 5.56 Å². The Kier molecular flexibility index (Phi) is 3.50. The van der Waals surface area contributed by atoms with Crippen LogP contribution in [0, 0.1) is 0 Å². The molecular formula is C9H17N5. The minimum atomic E-state index is 0.313. The van der Waals surface area contributed by atoms with E-state index in [9.17, 15) is 0 Å². The maximum absolute atomic E-state index is 5.64. The summed E-state index contributed by atoms with van der Waals surface area (Å²) in [7, 11) is 1.88. The molecule has 0 saturated heterocycles. The first kappa shape index (κ1) is 10.6. The van der Waals surface area contributed by atoms with Crippen LogP contribution in [0.2, 0.25) is 0 Å². The largest absolute Gasteiger partial charge is 0.370 e. The molecule has 0 spiro atoms. The molecule has 0 bridgehead atoms. The molecule has 1 heterocycles. The third kappa shape index (κ3) is 3.47. The van der Waals surface area contributed by atoms with Gasteiger partial charge in [0.25, 0.3) is 0 Å². The quantitative estimate of drug-likeness (QED) is 0.536. The van der Waals surface area contributed by atoms with Crippen molar-refractivity contribution in [1.29, 1.82) is 0 Å². The van der Waals surface area contributed by atoms with E-state index in [-0.39, 0.29) is 0 Å². The van der Waals surface area contributed by atoms with Crippen molar-refractivity contribution < 1.29 is 0 Å². The summed E-state index contributed by atoms with van der Waals surface area (Å²) >= 11 is 0. The summed E-state index contributed by atoms with van der Waals surface area (Å²) in [6.45, 7) is 4.61. The van der Waals surface area contributed by atoms with Crippen LogP contribution < -0.4 is 11.1 Å². The summed E-state index contributed by atoms with van der Waals surface area (Å²) in [5.41, 5.74) is 6.70. The SMILES string of the molecule is CC(C)NC(N)=NCc1cnn(C)c1. The van der Waals surface area contributed by atoms with Crippen LogP contribution in [-0.4, -0.2) is 21.8 Å².